The second kappa shape index (κ2) is 3.69. The first-order valence-electron chi connectivity index (χ1n) is 5.92. The molecule has 1 aliphatic carbocycles. The van der Waals surface area contributed by atoms with E-state index in [9.17, 15) is 8.78 Å². The fraction of sp³-hybridized carbons (Fsp3) is 1.00. The molecule has 3 heteroatoms. The van der Waals surface area contributed by atoms with Gasteiger partial charge in [0.25, 0.3) is 0 Å². The fourth-order valence-electron chi connectivity index (χ4n) is 2.59. The van der Waals surface area contributed by atoms with Gasteiger partial charge in [0, 0.05) is 12.3 Å². The lowest BCUT2D eigenvalue weighted by Crippen LogP contribution is -2.24. The lowest BCUT2D eigenvalue weighted by atomic mass is 9.94. The maximum atomic E-state index is 13.3. The Hall–Kier alpha value is -0.180. The van der Waals surface area contributed by atoms with Gasteiger partial charge in [-0.05, 0) is 30.6 Å². The van der Waals surface area contributed by atoms with Crippen LogP contribution in [0, 0.1) is 17.3 Å². The second-order valence-corrected chi connectivity index (χ2v) is 5.55. The monoisotopic (exact) mass is 218 g/mol. The fourth-order valence-corrected chi connectivity index (χ4v) is 2.59. The number of halogens is 2. The standard InChI is InChI=1S/C12H20F2O/c1-9(2)12(13,14)5-3-4-11-6-10(11)7-15-8-11/h9-10H,3-8H2,1-2H3. The van der Waals surface area contributed by atoms with E-state index in [0.29, 0.717) is 17.8 Å². The second-order valence-electron chi connectivity index (χ2n) is 5.55. The minimum atomic E-state index is -2.49. The summed E-state index contributed by atoms with van der Waals surface area (Å²) < 4.78 is 32.0. The smallest absolute Gasteiger partial charge is 0.250 e. The highest BCUT2D eigenvalue weighted by Gasteiger charge is 2.57. The van der Waals surface area contributed by atoms with Gasteiger partial charge in [0.2, 0.25) is 5.92 Å². The number of fused-ring (bicyclic) bond motifs is 1. The average molecular weight is 218 g/mol. The summed E-state index contributed by atoms with van der Waals surface area (Å²) in [6.07, 6.45) is 2.82. The molecule has 15 heavy (non-hydrogen) atoms. The highest BCUT2D eigenvalue weighted by molar-refractivity contribution is 5.05. The molecule has 0 radical (unpaired) electrons. The van der Waals surface area contributed by atoms with Crippen LogP contribution in [0.3, 0.4) is 0 Å². The minimum Gasteiger partial charge on any atom is -0.381 e. The number of hydrogen-bond donors (Lipinski definition) is 0. The van der Waals surface area contributed by atoms with E-state index in [1.807, 2.05) is 0 Å². The zero-order valence-corrected chi connectivity index (χ0v) is 9.56. The van der Waals surface area contributed by atoms with Gasteiger partial charge in [-0.25, -0.2) is 8.78 Å². The van der Waals surface area contributed by atoms with Crippen molar-refractivity contribution in [3.8, 4) is 0 Å². The molecular formula is C12H20F2O. The Morgan fingerprint density at radius 3 is 2.67 bits per heavy atom. The Bertz CT molecular complexity index is 236. The van der Waals surface area contributed by atoms with Crippen LogP contribution < -0.4 is 0 Å². The van der Waals surface area contributed by atoms with Gasteiger partial charge in [0.1, 0.15) is 0 Å². The number of rotatable bonds is 5. The van der Waals surface area contributed by atoms with Crippen LogP contribution in [0.2, 0.25) is 0 Å². The lowest BCUT2D eigenvalue weighted by Gasteiger charge is -2.21. The largest absolute Gasteiger partial charge is 0.381 e. The van der Waals surface area contributed by atoms with Crippen molar-refractivity contribution in [2.45, 2.75) is 45.5 Å². The molecule has 0 bridgehead atoms. The molecule has 2 unspecified atom stereocenters. The Morgan fingerprint density at radius 1 is 1.47 bits per heavy atom. The molecule has 2 atom stereocenters. The van der Waals surface area contributed by atoms with Crippen LogP contribution in [0.25, 0.3) is 0 Å². The third-order valence-electron chi connectivity index (χ3n) is 4.10. The predicted octanol–water partition coefficient (Wildman–Crippen LogP) is 3.48. The van der Waals surface area contributed by atoms with Crippen LogP contribution in [-0.4, -0.2) is 19.1 Å². The molecule has 1 saturated heterocycles. The Morgan fingerprint density at radius 2 is 2.20 bits per heavy atom. The summed E-state index contributed by atoms with van der Waals surface area (Å²) >= 11 is 0. The SMILES string of the molecule is CC(C)C(F)(F)CCCC12COCC1C2. The molecular weight excluding hydrogens is 198 g/mol. The molecule has 2 rings (SSSR count). The Balaban J connectivity index is 1.71. The van der Waals surface area contributed by atoms with E-state index in [0.717, 1.165) is 19.6 Å². The summed E-state index contributed by atoms with van der Waals surface area (Å²) in [6, 6.07) is 0. The molecule has 0 amide bonds. The van der Waals surface area contributed by atoms with Crippen molar-refractivity contribution in [3.63, 3.8) is 0 Å². The van der Waals surface area contributed by atoms with Crippen LogP contribution in [0.5, 0.6) is 0 Å². The highest BCUT2D eigenvalue weighted by Crippen LogP contribution is 2.60. The molecule has 0 N–H and O–H groups in total. The first kappa shape index (κ1) is 11.3. The minimum absolute atomic E-state index is 0.0408. The molecule has 0 aromatic heterocycles. The molecule has 1 saturated carbocycles. The molecule has 88 valence electrons. The van der Waals surface area contributed by atoms with Crippen molar-refractivity contribution in [1.82, 2.24) is 0 Å². The maximum Gasteiger partial charge on any atom is 0.250 e. The van der Waals surface area contributed by atoms with Gasteiger partial charge in [-0.1, -0.05) is 13.8 Å². The van der Waals surface area contributed by atoms with Crippen LogP contribution in [0.4, 0.5) is 8.78 Å². The van der Waals surface area contributed by atoms with Crippen LogP contribution in [0.1, 0.15) is 39.5 Å². The lowest BCUT2D eigenvalue weighted by molar-refractivity contribution is -0.0551. The van der Waals surface area contributed by atoms with E-state index in [1.165, 1.54) is 6.42 Å². The quantitative estimate of drug-likeness (QED) is 0.686. The maximum absolute atomic E-state index is 13.3. The van der Waals surface area contributed by atoms with Crippen molar-refractivity contribution >= 4 is 0 Å². The van der Waals surface area contributed by atoms with Crippen LogP contribution >= 0.6 is 0 Å². The van der Waals surface area contributed by atoms with E-state index in [-0.39, 0.29) is 6.42 Å². The topological polar surface area (TPSA) is 9.23 Å². The van der Waals surface area contributed by atoms with Crippen molar-refractivity contribution in [2.24, 2.45) is 17.3 Å². The zero-order chi connectivity index (χ0) is 11.1. The first-order chi connectivity index (χ1) is 6.96. The predicted molar refractivity (Wildman–Crippen MR) is 55.0 cm³/mol. The molecule has 1 nitrogen and oxygen atoms in total. The van der Waals surface area contributed by atoms with Crippen LogP contribution in [0.15, 0.2) is 0 Å². The molecule has 2 fully saturated rings. The van der Waals surface area contributed by atoms with E-state index >= 15 is 0 Å². The van der Waals surface area contributed by atoms with Gasteiger partial charge in [-0.2, -0.15) is 0 Å². The van der Waals surface area contributed by atoms with Gasteiger partial charge >= 0.3 is 0 Å². The zero-order valence-electron chi connectivity index (χ0n) is 9.56. The molecule has 2 aliphatic rings. The summed E-state index contributed by atoms with van der Waals surface area (Å²) in [5.74, 6) is -2.34. The normalized spacial score (nSPS) is 34.6. The summed E-state index contributed by atoms with van der Waals surface area (Å²) in [6.45, 7) is 4.86. The number of hydrogen-bond acceptors (Lipinski definition) is 1. The van der Waals surface area contributed by atoms with Crippen molar-refractivity contribution in [2.75, 3.05) is 13.2 Å². The van der Waals surface area contributed by atoms with Gasteiger partial charge in [0.15, 0.2) is 0 Å². The number of alkyl halides is 2. The summed E-state index contributed by atoms with van der Waals surface area (Å²) in [5.41, 5.74) is 0.313. The van der Waals surface area contributed by atoms with E-state index < -0.39 is 11.8 Å². The molecule has 0 aromatic rings. The Kier molecular flexibility index (Phi) is 2.78. The summed E-state index contributed by atoms with van der Waals surface area (Å²) in [7, 11) is 0. The van der Waals surface area contributed by atoms with Gasteiger partial charge < -0.3 is 4.74 Å². The molecule has 1 heterocycles. The third-order valence-corrected chi connectivity index (χ3v) is 4.10. The van der Waals surface area contributed by atoms with E-state index in [2.05, 4.69) is 0 Å². The first-order valence-corrected chi connectivity index (χ1v) is 5.92. The molecule has 1 aliphatic heterocycles. The van der Waals surface area contributed by atoms with Crippen molar-refractivity contribution in [1.29, 1.82) is 0 Å². The summed E-state index contributed by atoms with van der Waals surface area (Å²) in [5, 5.41) is 0. The highest BCUT2D eigenvalue weighted by atomic mass is 19.3. The third kappa shape index (κ3) is 2.17. The van der Waals surface area contributed by atoms with E-state index in [4.69, 9.17) is 4.74 Å². The average Bonchev–Trinajstić information content (AvgIpc) is 2.68. The van der Waals surface area contributed by atoms with E-state index in [1.54, 1.807) is 13.8 Å². The van der Waals surface area contributed by atoms with Crippen LogP contribution in [-0.2, 0) is 4.74 Å². The molecule has 0 spiro atoms. The number of ether oxygens (including phenoxy) is 1. The van der Waals surface area contributed by atoms with Gasteiger partial charge in [-0.3, -0.25) is 0 Å². The van der Waals surface area contributed by atoms with Crippen molar-refractivity contribution in [3.05, 3.63) is 0 Å². The van der Waals surface area contributed by atoms with Gasteiger partial charge in [0.05, 0.1) is 13.2 Å². The van der Waals surface area contributed by atoms with Crippen molar-refractivity contribution < 1.29 is 13.5 Å². The Labute approximate surface area is 90.2 Å². The van der Waals surface area contributed by atoms with Gasteiger partial charge in [-0.15, -0.1) is 0 Å². The summed E-state index contributed by atoms with van der Waals surface area (Å²) in [4.78, 5) is 0. The molecule has 0 aromatic carbocycles.